The number of hydrogen-bond acceptors (Lipinski definition) is 16. The normalized spacial score (nSPS) is 18.4. The van der Waals surface area contributed by atoms with E-state index in [4.69, 9.17) is 20.0 Å². The van der Waals surface area contributed by atoms with E-state index >= 15 is 0 Å². The molecule has 1 fully saturated rings. The molecule has 18 heteroatoms. The van der Waals surface area contributed by atoms with Gasteiger partial charge in [-0.15, -0.1) is 33.3 Å². The van der Waals surface area contributed by atoms with Crippen LogP contribution in [0.25, 0.3) is 0 Å². The van der Waals surface area contributed by atoms with E-state index in [9.17, 15) is 19.2 Å². The van der Waals surface area contributed by atoms with Gasteiger partial charge in [0.1, 0.15) is 35.4 Å². The Hall–Kier alpha value is -3.22. The number of thiazole rings is 1. The summed E-state index contributed by atoms with van der Waals surface area (Å²) < 4.78 is 11.0. The molecular weight excluding hydrogens is 615 g/mol. The minimum Gasteiger partial charge on any atom is -0.428 e. The summed E-state index contributed by atoms with van der Waals surface area (Å²) in [5, 5.41) is 15.4. The maximum Gasteiger partial charge on any atom is 0.357 e. The minimum absolute atomic E-state index is 0.0568. The predicted molar refractivity (Wildman–Crippen MR) is 154 cm³/mol. The number of thioether (sulfide) groups is 2. The van der Waals surface area contributed by atoms with Gasteiger partial charge in [0.2, 0.25) is 6.79 Å². The topological polar surface area (TPSA) is 188 Å². The van der Waals surface area contributed by atoms with Crippen LogP contribution >= 0.6 is 46.2 Å². The van der Waals surface area contributed by atoms with E-state index in [0.717, 1.165) is 24.2 Å². The van der Waals surface area contributed by atoms with Crippen LogP contribution < -0.4 is 11.1 Å². The summed E-state index contributed by atoms with van der Waals surface area (Å²) in [7, 11) is 1.28. The van der Waals surface area contributed by atoms with E-state index < -0.39 is 42.0 Å². The average Bonchev–Trinajstić information content (AvgIpc) is 3.64. The molecule has 1 unspecified atom stereocenters. The zero-order chi connectivity index (χ0) is 29.4. The van der Waals surface area contributed by atoms with Crippen molar-refractivity contribution in [3.05, 3.63) is 27.9 Å². The molecular formula is C23H27N7O7S4. The Morgan fingerprint density at radius 2 is 2.10 bits per heavy atom. The number of nitrogens with two attached hydrogens (primary N) is 1. The fourth-order valence-electron chi connectivity index (χ4n) is 3.87. The molecule has 4 heterocycles. The number of unbranched alkanes of at least 4 members (excludes halogenated alkanes) is 2. The lowest BCUT2D eigenvalue weighted by Crippen LogP contribution is -2.71. The molecule has 0 aromatic carbocycles. The van der Waals surface area contributed by atoms with E-state index in [2.05, 4.69) is 25.7 Å². The summed E-state index contributed by atoms with van der Waals surface area (Å²) in [6, 6.07) is -0.943. The first-order chi connectivity index (χ1) is 19.8. The van der Waals surface area contributed by atoms with Crippen molar-refractivity contribution in [2.45, 2.75) is 48.4 Å². The number of anilines is 1. The van der Waals surface area contributed by atoms with Gasteiger partial charge in [-0.1, -0.05) is 48.0 Å². The number of nitrogen functional groups attached to an aromatic ring is 1. The Kier molecular flexibility index (Phi) is 10.9. The number of oxime groups is 1. The largest absolute Gasteiger partial charge is 0.428 e. The second-order valence-corrected chi connectivity index (χ2v) is 12.6. The van der Waals surface area contributed by atoms with E-state index in [-0.39, 0.29) is 28.7 Å². The molecule has 4 rings (SSSR count). The molecule has 2 aromatic heterocycles. The molecule has 3 N–H and O–H groups in total. The van der Waals surface area contributed by atoms with Crippen LogP contribution in [0.1, 0.15) is 38.3 Å². The van der Waals surface area contributed by atoms with Crippen LogP contribution in [-0.2, 0) is 33.5 Å². The number of β-lactam (4-membered cyclic amide) rings is 1. The van der Waals surface area contributed by atoms with Crippen molar-refractivity contribution in [2.24, 2.45) is 5.16 Å². The van der Waals surface area contributed by atoms with Gasteiger partial charge in [-0.2, -0.15) is 0 Å². The molecule has 220 valence electrons. The van der Waals surface area contributed by atoms with Crippen LogP contribution in [0.5, 0.6) is 0 Å². The molecule has 2 aromatic rings. The summed E-state index contributed by atoms with van der Waals surface area (Å²) in [6.07, 6.45) is 2.76. The number of aromatic nitrogens is 3. The zero-order valence-corrected chi connectivity index (χ0v) is 25.3. The number of rotatable bonds is 14. The quantitative estimate of drug-likeness (QED) is 0.0580. The summed E-state index contributed by atoms with van der Waals surface area (Å²) in [5.41, 5.74) is 8.04. The van der Waals surface area contributed by atoms with Crippen LogP contribution in [0.2, 0.25) is 0 Å². The van der Waals surface area contributed by atoms with Gasteiger partial charge in [0.25, 0.3) is 11.8 Å². The summed E-state index contributed by atoms with van der Waals surface area (Å²) in [4.78, 5) is 61.6. The number of carbonyl (C=O) groups excluding carboxylic acids is 4. The Morgan fingerprint density at radius 3 is 2.78 bits per heavy atom. The standard InChI is InChI=1S/C23H27N7O7S4/c1-3-4-5-6-14(31)36-11-37-21(34)17-12(8-40-23-28-25-10-41-23)7-38-20-16(19(33)30(17)20)27-18(32)15(29-35-2)13-9-39-22(24)26-13/h9-10,16,20H,3-8,11H2,1-2H3,(H2,24,26)(H,27,32)/b29-15+/t16?,20-/m1/s1. The van der Waals surface area contributed by atoms with Gasteiger partial charge < -0.3 is 25.4 Å². The van der Waals surface area contributed by atoms with Crippen LogP contribution in [0.15, 0.2) is 31.7 Å². The van der Waals surface area contributed by atoms with Crippen molar-refractivity contribution in [1.29, 1.82) is 0 Å². The number of ether oxygens (including phenoxy) is 2. The maximum absolute atomic E-state index is 13.3. The zero-order valence-electron chi connectivity index (χ0n) is 22.1. The van der Waals surface area contributed by atoms with Crippen molar-refractivity contribution in [2.75, 3.05) is 31.1 Å². The first kappa shape index (κ1) is 30.7. The van der Waals surface area contributed by atoms with Gasteiger partial charge in [-0.05, 0) is 12.0 Å². The molecule has 0 radical (unpaired) electrons. The summed E-state index contributed by atoms with van der Waals surface area (Å²) in [5.74, 6) is -1.73. The second kappa shape index (κ2) is 14.6. The predicted octanol–water partition coefficient (Wildman–Crippen LogP) is 2.00. The maximum atomic E-state index is 13.3. The fraction of sp³-hybridized carbons (Fsp3) is 0.478. The summed E-state index contributed by atoms with van der Waals surface area (Å²) >= 11 is 5.24. The monoisotopic (exact) mass is 641 g/mol. The van der Waals surface area contributed by atoms with Crippen molar-refractivity contribution < 1.29 is 33.5 Å². The Balaban J connectivity index is 1.46. The van der Waals surface area contributed by atoms with Gasteiger partial charge >= 0.3 is 11.9 Å². The van der Waals surface area contributed by atoms with Crippen LogP contribution in [0.3, 0.4) is 0 Å². The number of esters is 2. The highest BCUT2D eigenvalue weighted by atomic mass is 32.2. The smallest absolute Gasteiger partial charge is 0.357 e. The lowest BCUT2D eigenvalue weighted by Gasteiger charge is -2.49. The number of carbonyl (C=O) groups is 4. The van der Waals surface area contributed by atoms with Gasteiger partial charge in [0.15, 0.2) is 15.2 Å². The first-order valence-electron chi connectivity index (χ1n) is 12.4. The second-order valence-electron chi connectivity index (χ2n) is 8.52. The van der Waals surface area contributed by atoms with Crippen LogP contribution in [0, 0.1) is 0 Å². The first-order valence-corrected chi connectivity index (χ1v) is 16.1. The number of nitrogens with one attached hydrogen (secondary N) is 1. The third-order valence-electron chi connectivity index (χ3n) is 5.79. The Labute approximate surface area is 251 Å². The molecule has 0 saturated carbocycles. The number of fused-ring (bicyclic) bond motifs is 1. The van der Waals surface area contributed by atoms with Crippen molar-refractivity contribution in [1.82, 2.24) is 25.4 Å². The molecule has 14 nitrogen and oxygen atoms in total. The van der Waals surface area contributed by atoms with E-state index in [1.165, 1.54) is 46.9 Å². The third kappa shape index (κ3) is 7.55. The lowest BCUT2D eigenvalue weighted by molar-refractivity contribution is -0.168. The SMILES string of the molecule is CCCCCC(=O)OCOC(=O)C1=C(CSc2nncs2)CS[C@@H]2C(NC(=O)/C(=N/OC)c3csc(N)n3)C(=O)N12. The molecule has 0 aliphatic carbocycles. The van der Waals surface area contributed by atoms with E-state index in [1.807, 2.05) is 6.92 Å². The van der Waals surface area contributed by atoms with Crippen molar-refractivity contribution in [3.63, 3.8) is 0 Å². The number of nitrogens with zero attached hydrogens (tertiary/aromatic N) is 5. The lowest BCUT2D eigenvalue weighted by atomic mass is 10.0. The summed E-state index contributed by atoms with van der Waals surface area (Å²) in [6.45, 7) is 1.45. The molecule has 1 saturated heterocycles. The van der Waals surface area contributed by atoms with Gasteiger partial charge in [-0.3, -0.25) is 19.3 Å². The highest BCUT2D eigenvalue weighted by Crippen LogP contribution is 2.42. The van der Waals surface area contributed by atoms with Gasteiger partial charge in [0.05, 0.1) is 0 Å². The van der Waals surface area contributed by atoms with Crippen LogP contribution in [0.4, 0.5) is 5.13 Å². The molecule has 2 amide bonds. The molecule has 2 aliphatic heterocycles. The third-order valence-corrected chi connectivity index (χ3v) is 9.75. The molecule has 0 bridgehead atoms. The van der Waals surface area contributed by atoms with Gasteiger partial charge in [-0.25, -0.2) is 9.78 Å². The van der Waals surface area contributed by atoms with Gasteiger partial charge in [0, 0.05) is 23.3 Å². The molecule has 2 aliphatic rings. The number of hydrogen-bond donors (Lipinski definition) is 2. The van der Waals surface area contributed by atoms with Crippen molar-refractivity contribution >= 4 is 80.8 Å². The van der Waals surface area contributed by atoms with Crippen molar-refractivity contribution in [3.8, 4) is 0 Å². The minimum atomic E-state index is -0.943. The van der Waals surface area contributed by atoms with E-state index in [0.29, 0.717) is 27.8 Å². The van der Waals surface area contributed by atoms with E-state index in [1.54, 1.807) is 10.9 Å². The molecule has 41 heavy (non-hydrogen) atoms. The Bertz CT molecular complexity index is 1330. The Morgan fingerprint density at radius 1 is 1.27 bits per heavy atom. The highest BCUT2D eigenvalue weighted by molar-refractivity contribution is 8.01. The van der Waals surface area contributed by atoms with Crippen LogP contribution in [-0.4, -0.2) is 86.4 Å². The molecule has 0 spiro atoms. The molecule has 2 atom stereocenters. The fourth-order valence-corrected chi connectivity index (χ4v) is 7.39. The average molecular weight is 642 g/mol. The number of amides is 2. The highest BCUT2D eigenvalue weighted by Gasteiger charge is 2.54.